The number of rotatable bonds is 7. The second kappa shape index (κ2) is 8.41. The van der Waals surface area contributed by atoms with Crippen molar-refractivity contribution in [1.82, 2.24) is 0 Å². The number of ether oxygens (including phenoxy) is 1. The van der Waals surface area contributed by atoms with Crippen LogP contribution in [0.3, 0.4) is 0 Å². The van der Waals surface area contributed by atoms with Gasteiger partial charge in [-0.05, 0) is 31.0 Å². The highest BCUT2D eigenvalue weighted by Gasteiger charge is 2.21. The van der Waals surface area contributed by atoms with Crippen LogP contribution in [0.2, 0.25) is 0 Å². The monoisotopic (exact) mass is 388 g/mol. The van der Waals surface area contributed by atoms with E-state index in [2.05, 4.69) is 0 Å². The number of halogens is 2. The van der Waals surface area contributed by atoms with Gasteiger partial charge in [-0.3, -0.25) is 0 Å². The van der Waals surface area contributed by atoms with Crippen LogP contribution < -0.4 is 0 Å². The van der Waals surface area contributed by atoms with Gasteiger partial charge in [0.25, 0.3) is 0 Å². The lowest BCUT2D eigenvalue weighted by Gasteiger charge is -2.08. The molecule has 1 aromatic heterocycles. The molecule has 0 fully saturated rings. The molecule has 27 heavy (non-hydrogen) atoms. The van der Waals surface area contributed by atoms with Gasteiger partial charge in [-0.1, -0.05) is 30.3 Å². The Kier molecular flexibility index (Phi) is 5.98. The molecule has 140 valence electrons. The molecule has 0 aliphatic rings. The zero-order valence-electron chi connectivity index (χ0n) is 14.7. The molecule has 1 heterocycles. The lowest BCUT2D eigenvalue weighted by molar-refractivity contribution is 0.0698. The molecular formula is C21H18F2O3S. The number of benzene rings is 2. The molecule has 0 saturated carbocycles. The third-order valence-electron chi connectivity index (χ3n) is 4.20. The Morgan fingerprint density at radius 3 is 2.56 bits per heavy atom. The third kappa shape index (κ3) is 4.07. The van der Waals surface area contributed by atoms with Crippen molar-refractivity contribution in [1.29, 1.82) is 0 Å². The molecule has 0 saturated heterocycles. The molecular weight excluding hydrogens is 370 g/mol. The first-order valence-corrected chi connectivity index (χ1v) is 9.23. The van der Waals surface area contributed by atoms with Crippen molar-refractivity contribution < 1.29 is 23.4 Å². The molecule has 3 rings (SSSR count). The van der Waals surface area contributed by atoms with Crippen molar-refractivity contribution in [3.05, 3.63) is 70.6 Å². The van der Waals surface area contributed by atoms with Gasteiger partial charge in [0.15, 0.2) is 11.6 Å². The lowest BCUT2D eigenvalue weighted by Crippen LogP contribution is -1.99. The average molecular weight is 388 g/mol. The maximum atomic E-state index is 14.5. The van der Waals surface area contributed by atoms with Gasteiger partial charge in [-0.15, -0.1) is 11.3 Å². The zero-order valence-corrected chi connectivity index (χ0v) is 15.5. The summed E-state index contributed by atoms with van der Waals surface area (Å²) < 4.78 is 33.3. The van der Waals surface area contributed by atoms with Crippen LogP contribution >= 0.6 is 11.3 Å². The second-order valence-corrected chi connectivity index (χ2v) is 7.14. The van der Waals surface area contributed by atoms with Crippen LogP contribution in [-0.2, 0) is 11.2 Å². The summed E-state index contributed by atoms with van der Waals surface area (Å²) in [5.41, 5.74) is 1.24. The fourth-order valence-corrected chi connectivity index (χ4v) is 4.19. The van der Waals surface area contributed by atoms with E-state index in [0.29, 0.717) is 29.0 Å². The molecule has 0 radical (unpaired) electrons. The number of carbonyl (C=O) groups is 1. The van der Waals surface area contributed by atoms with Crippen LogP contribution in [-0.4, -0.2) is 24.8 Å². The van der Waals surface area contributed by atoms with E-state index in [-0.39, 0.29) is 11.1 Å². The number of hydrogen-bond donors (Lipinski definition) is 1. The van der Waals surface area contributed by atoms with Crippen LogP contribution in [0.1, 0.15) is 21.7 Å². The van der Waals surface area contributed by atoms with Crippen molar-refractivity contribution in [2.45, 2.75) is 12.8 Å². The summed E-state index contributed by atoms with van der Waals surface area (Å²) in [5.74, 6) is -2.93. The topological polar surface area (TPSA) is 46.5 Å². The van der Waals surface area contributed by atoms with Crippen molar-refractivity contribution in [2.75, 3.05) is 13.7 Å². The third-order valence-corrected chi connectivity index (χ3v) is 5.43. The Bertz CT molecular complexity index is 966. The van der Waals surface area contributed by atoms with E-state index in [1.165, 1.54) is 29.5 Å². The molecule has 6 heteroatoms. The van der Waals surface area contributed by atoms with Crippen LogP contribution in [0.5, 0.6) is 0 Å². The van der Waals surface area contributed by atoms with Gasteiger partial charge in [-0.25, -0.2) is 13.6 Å². The zero-order chi connectivity index (χ0) is 19.4. The first-order chi connectivity index (χ1) is 13.0. The number of hydrogen-bond acceptors (Lipinski definition) is 3. The minimum Gasteiger partial charge on any atom is -0.478 e. The molecule has 0 aliphatic carbocycles. The molecule has 0 amide bonds. The first-order valence-electron chi connectivity index (χ1n) is 8.41. The fourth-order valence-electron chi connectivity index (χ4n) is 2.94. The number of aromatic carboxylic acids is 1. The van der Waals surface area contributed by atoms with Gasteiger partial charge < -0.3 is 9.84 Å². The Balaban J connectivity index is 2.17. The maximum absolute atomic E-state index is 14.5. The Morgan fingerprint density at radius 1 is 1.07 bits per heavy atom. The van der Waals surface area contributed by atoms with Gasteiger partial charge >= 0.3 is 5.97 Å². The summed E-state index contributed by atoms with van der Waals surface area (Å²) in [6.07, 6.45) is 1.49. The maximum Gasteiger partial charge on any atom is 0.336 e. The first kappa shape index (κ1) is 19.2. The minimum absolute atomic E-state index is 0.124. The summed E-state index contributed by atoms with van der Waals surface area (Å²) in [6, 6.07) is 12.4. The number of methoxy groups -OCH3 is 1. The molecule has 0 atom stereocenters. The number of carboxylic acid groups (broad SMARTS) is 1. The average Bonchev–Trinajstić information content (AvgIpc) is 3.08. The highest BCUT2D eigenvalue weighted by molar-refractivity contribution is 7.16. The SMILES string of the molecule is COCCCc1cc(-c2cccc(F)c2F)c(-c2ccccc2C(=O)O)s1. The van der Waals surface area contributed by atoms with Gasteiger partial charge in [0.05, 0.1) is 5.56 Å². The largest absolute Gasteiger partial charge is 0.478 e. The van der Waals surface area contributed by atoms with Gasteiger partial charge in [-0.2, -0.15) is 0 Å². The van der Waals surface area contributed by atoms with E-state index in [0.717, 1.165) is 17.4 Å². The molecule has 3 aromatic rings. The minimum atomic E-state index is -1.06. The van der Waals surface area contributed by atoms with Crippen LogP contribution in [0, 0.1) is 11.6 Å². The molecule has 1 N–H and O–H groups in total. The van der Waals surface area contributed by atoms with E-state index in [9.17, 15) is 18.7 Å². The molecule has 0 bridgehead atoms. The predicted octanol–water partition coefficient (Wildman–Crippen LogP) is 5.64. The normalized spacial score (nSPS) is 10.9. The number of thiophene rings is 1. The summed E-state index contributed by atoms with van der Waals surface area (Å²) in [4.78, 5) is 13.2. The van der Waals surface area contributed by atoms with E-state index in [1.54, 1.807) is 25.3 Å². The van der Waals surface area contributed by atoms with Crippen LogP contribution in [0.15, 0.2) is 48.5 Å². The highest BCUT2D eigenvalue weighted by atomic mass is 32.1. The Labute approximate surface area is 159 Å². The molecule has 0 aliphatic heterocycles. The highest BCUT2D eigenvalue weighted by Crippen LogP contribution is 2.42. The summed E-state index contributed by atoms with van der Waals surface area (Å²) in [6.45, 7) is 0.586. The second-order valence-electron chi connectivity index (χ2n) is 6.00. The molecule has 2 aromatic carbocycles. The number of aryl methyl sites for hydroxylation is 1. The van der Waals surface area contributed by atoms with Crippen LogP contribution in [0.4, 0.5) is 8.78 Å². The van der Waals surface area contributed by atoms with Crippen molar-refractivity contribution >= 4 is 17.3 Å². The summed E-state index contributed by atoms with van der Waals surface area (Å²) in [7, 11) is 1.62. The van der Waals surface area contributed by atoms with E-state index >= 15 is 0 Å². The van der Waals surface area contributed by atoms with E-state index in [1.807, 2.05) is 6.07 Å². The summed E-state index contributed by atoms with van der Waals surface area (Å²) in [5, 5.41) is 9.52. The van der Waals surface area contributed by atoms with Crippen molar-refractivity contribution in [3.63, 3.8) is 0 Å². The Hall–Kier alpha value is -2.57. The number of carboxylic acids is 1. The van der Waals surface area contributed by atoms with E-state index < -0.39 is 17.6 Å². The molecule has 0 unspecified atom stereocenters. The Morgan fingerprint density at radius 2 is 1.81 bits per heavy atom. The van der Waals surface area contributed by atoms with E-state index in [4.69, 9.17) is 4.74 Å². The molecule has 0 spiro atoms. The lowest BCUT2D eigenvalue weighted by atomic mass is 9.98. The van der Waals surface area contributed by atoms with Gasteiger partial charge in [0.2, 0.25) is 0 Å². The van der Waals surface area contributed by atoms with Crippen LogP contribution in [0.25, 0.3) is 21.6 Å². The fraction of sp³-hybridized carbons (Fsp3) is 0.190. The van der Waals surface area contributed by atoms with Crippen molar-refractivity contribution in [3.8, 4) is 21.6 Å². The predicted molar refractivity (Wildman–Crippen MR) is 102 cm³/mol. The smallest absolute Gasteiger partial charge is 0.336 e. The quantitative estimate of drug-likeness (QED) is 0.533. The van der Waals surface area contributed by atoms with Crippen molar-refractivity contribution in [2.24, 2.45) is 0 Å². The van der Waals surface area contributed by atoms with Gasteiger partial charge in [0.1, 0.15) is 0 Å². The molecule has 3 nitrogen and oxygen atoms in total. The van der Waals surface area contributed by atoms with Gasteiger partial charge in [0, 0.05) is 40.2 Å². The summed E-state index contributed by atoms with van der Waals surface area (Å²) >= 11 is 1.40. The standard InChI is InChI=1S/C21H18F2O3S/c1-26-11-5-6-13-12-17(14-9-4-10-18(22)19(14)23)20(27-13)15-7-2-3-8-16(15)21(24)25/h2-4,7-10,12H,5-6,11H2,1H3,(H,24,25).